The third-order valence-corrected chi connectivity index (χ3v) is 13.5. The molecule has 1 saturated heterocycles. The predicted octanol–water partition coefficient (Wildman–Crippen LogP) is 6.65. The zero-order chi connectivity index (χ0) is 26.1. The Bertz CT molecular complexity index is 878. The molecule has 0 aliphatic carbocycles. The fourth-order valence-electron chi connectivity index (χ4n) is 5.13. The van der Waals surface area contributed by atoms with E-state index in [9.17, 15) is 18.0 Å². The van der Waals surface area contributed by atoms with Crippen molar-refractivity contribution in [2.24, 2.45) is 0 Å². The summed E-state index contributed by atoms with van der Waals surface area (Å²) in [4.78, 5) is 12.9. The molecule has 0 radical (unpaired) electrons. The Balaban J connectivity index is 0.00000612. The molecule has 2 rings (SSSR count). The van der Waals surface area contributed by atoms with E-state index in [0.717, 1.165) is 6.92 Å². The van der Waals surface area contributed by atoms with Crippen molar-refractivity contribution in [2.45, 2.75) is 101 Å². The molecule has 8 heteroatoms. The van der Waals surface area contributed by atoms with Gasteiger partial charge in [0.05, 0.1) is 6.61 Å². The number of alkyl halides is 3. The van der Waals surface area contributed by atoms with Gasteiger partial charge in [-0.1, -0.05) is 77.8 Å². The van der Waals surface area contributed by atoms with Crippen LogP contribution >= 0.6 is 0 Å². The first-order chi connectivity index (χ1) is 15.6. The van der Waals surface area contributed by atoms with Gasteiger partial charge in [0.2, 0.25) is 0 Å². The van der Waals surface area contributed by atoms with Gasteiger partial charge in [-0.05, 0) is 36.0 Å². The quantitative estimate of drug-likeness (QED) is 0.156. The van der Waals surface area contributed by atoms with Gasteiger partial charge >= 0.3 is 12.1 Å². The highest BCUT2D eigenvalue weighted by molar-refractivity contribution is 6.77. The summed E-state index contributed by atoms with van der Waals surface area (Å²) in [7, 11) is -2.18. The summed E-state index contributed by atoms with van der Waals surface area (Å²) < 4.78 is 59.8. The number of hydrogen-bond acceptors (Lipinski definition) is 4. The van der Waals surface area contributed by atoms with Gasteiger partial charge in [-0.3, -0.25) is 4.79 Å². The maximum atomic E-state index is 14.1. The lowest BCUT2D eigenvalue weighted by molar-refractivity contribution is -0.208. The summed E-state index contributed by atoms with van der Waals surface area (Å²) in [6.45, 7) is 15.7. The van der Waals surface area contributed by atoms with Crippen LogP contribution in [0.3, 0.4) is 0 Å². The average molecular weight is 501 g/mol. The summed E-state index contributed by atoms with van der Waals surface area (Å²) in [5.41, 5.74) is -3.12. The largest absolute Gasteiger partial charge is 0.445 e. The first-order valence-corrected chi connectivity index (χ1v) is 13.8. The number of benzene rings is 1. The fourth-order valence-corrected chi connectivity index (χ4v) is 10.6. The summed E-state index contributed by atoms with van der Waals surface area (Å²) in [5, 5.41) is 0. The van der Waals surface area contributed by atoms with Gasteiger partial charge in [0.15, 0.2) is 19.8 Å². The van der Waals surface area contributed by atoms with Crippen LogP contribution in [0.25, 0.3) is 0 Å². The highest BCUT2D eigenvalue weighted by Crippen LogP contribution is 2.47. The van der Waals surface area contributed by atoms with Crippen LogP contribution in [0.4, 0.5) is 13.2 Å². The molecule has 0 amide bonds. The molecule has 1 aliphatic heterocycles. The lowest BCUT2D eigenvalue weighted by atomic mass is 9.81. The number of hydrogen-bond donors (Lipinski definition) is 0. The zero-order valence-electron chi connectivity index (χ0n) is 21.3. The average Bonchev–Trinajstić information content (AvgIpc) is 3.41. The molecule has 0 saturated carbocycles. The first kappa shape index (κ1) is 28.4. The Morgan fingerprint density at radius 3 is 2.06 bits per heavy atom. The molecule has 0 spiro atoms. The molecule has 34 heavy (non-hydrogen) atoms. The first-order valence-electron chi connectivity index (χ1n) is 11.7. The van der Waals surface area contributed by atoms with Crippen LogP contribution in [0.15, 0.2) is 30.3 Å². The Hall–Kier alpha value is -1.82. The molecule has 4 nitrogen and oxygen atoms in total. The van der Waals surface area contributed by atoms with Crippen molar-refractivity contribution < 1.29 is 33.3 Å². The van der Waals surface area contributed by atoms with E-state index in [4.69, 9.17) is 20.3 Å². The summed E-state index contributed by atoms with van der Waals surface area (Å²) in [6.07, 6.45) is -1.03. The third-order valence-electron chi connectivity index (χ3n) is 7.39. The predicted molar refractivity (Wildman–Crippen MR) is 131 cm³/mol. The number of terminal acetylenes is 1. The standard InChI is InChI=1S/C26H37F3O4Si.H2/c1-10-21(32-23(30)24(8,26(27,28)29)20-14-12-11-13-15-20)25(9)22(33-25)16-31-34(17(2)3,18(4)5)19(6)7;/h1,11-15,17-19,21-22H,16H2,2-9H3;1H/t21-,22-,24+,25?;/m0./s1. The molecule has 1 aromatic carbocycles. The molecule has 0 N–H and O–H groups in total. The van der Waals surface area contributed by atoms with Gasteiger partial charge in [-0.2, -0.15) is 13.2 Å². The van der Waals surface area contributed by atoms with Gasteiger partial charge in [0, 0.05) is 1.43 Å². The number of carbonyl (C=O) groups is 1. The molecule has 1 heterocycles. The highest BCUT2D eigenvalue weighted by Gasteiger charge is 2.64. The summed E-state index contributed by atoms with van der Waals surface area (Å²) in [6, 6.07) is 6.96. The monoisotopic (exact) mass is 500 g/mol. The summed E-state index contributed by atoms with van der Waals surface area (Å²) >= 11 is 0. The van der Waals surface area contributed by atoms with Crippen molar-refractivity contribution >= 4 is 14.3 Å². The van der Waals surface area contributed by atoms with Gasteiger partial charge < -0.3 is 13.9 Å². The minimum absolute atomic E-state index is 0. The SMILES string of the molecule is C#C[C@H](OC(=O)[C@@](C)(c1ccccc1)C(F)(F)F)C1(C)O[C@H]1CO[Si](C(C)C)(C(C)C)C(C)C.[HH]. The zero-order valence-corrected chi connectivity index (χ0v) is 22.3. The minimum atomic E-state index is -4.88. The minimum Gasteiger partial charge on any atom is -0.445 e. The summed E-state index contributed by atoms with van der Waals surface area (Å²) in [5.74, 6) is 0.869. The van der Waals surface area contributed by atoms with Crippen molar-refractivity contribution in [3.05, 3.63) is 35.9 Å². The van der Waals surface area contributed by atoms with Gasteiger partial charge in [-0.15, -0.1) is 6.42 Å². The van der Waals surface area contributed by atoms with Gasteiger partial charge in [-0.25, -0.2) is 0 Å². The molecular formula is C26H39F3O4Si. The Morgan fingerprint density at radius 2 is 1.65 bits per heavy atom. The maximum Gasteiger partial charge on any atom is 0.408 e. The maximum absolute atomic E-state index is 14.1. The van der Waals surface area contributed by atoms with E-state index in [1.165, 1.54) is 24.3 Å². The van der Waals surface area contributed by atoms with Crippen LogP contribution < -0.4 is 0 Å². The normalized spacial score (nSPS) is 23.5. The van der Waals surface area contributed by atoms with Crippen molar-refractivity contribution in [3.63, 3.8) is 0 Å². The lowest BCUT2D eigenvalue weighted by Gasteiger charge is -2.42. The topological polar surface area (TPSA) is 48.1 Å². The molecule has 4 atom stereocenters. The van der Waals surface area contributed by atoms with E-state index in [-0.39, 0.29) is 13.6 Å². The van der Waals surface area contributed by atoms with Crippen molar-refractivity contribution in [2.75, 3.05) is 6.61 Å². The molecule has 1 fully saturated rings. The second-order valence-corrected chi connectivity index (χ2v) is 15.8. The highest BCUT2D eigenvalue weighted by atomic mass is 28.4. The number of epoxide rings is 1. The molecule has 1 aromatic rings. The fraction of sp³-hybridized carbons (Fsp3) is 0.654. The third kappa shape index (κ3) is 4.93. The number of carbonyl (C=O) groups excluding carboxylic acids is 1. The Kier molecular flexibility index (Phi) is 8.39. The Labute approximate surface area is 204 Å². The number of rotatable bonds is 10. The van der Waals surface area contributed by atoms with E-state index in [1.807, 2.05) is 0 Å². The molecule has 0 aromatic heterocycles. The number of ether oxygens (including phenoxy) is 2. The van der Waals surface area contributed by atoms with Gasteiger partial charge in [0.1, 0.15) is 11.7 Å². The van der Waals surface area contributed by atoms with E-state index >= 15 is 0 Å². The second kappa shape index (κ2) is 10.0. The van der Waals surface area contributed by atoms with Crippen LogP contribution in [-0.2, 0) is 24.1 Å². The van der Waals surface area contributed by atoms with Crippen molar-refractivity contribution in [1.29, 1.82) is 0 Å². The van der Waals surface area contributed by atoms with Crippen molar-refractivity contribution in [3.8, 4) is 12.3 Å². The second-order valence-electron chi connectivity index (χ2n) is 10.4. The van der Waals surface area contributed by atoms with Crippen LogP contribution in [-0.4, -0.2) is 44.9 Å². The van der Waals surface area contributed by atoms with E-state index < -0.39 is 43.7 Å². The molecule has 0 bridgehead atoms. The molecule has 1 unspecified atom stereocenters. The van der Waals surface area contributed by atoms with Crippen LogP contribution in [0.2, 0.25) is 16.6 Å². The molecular weight excluding hydrogens is 461 g/mol. The Morgan fingerprint density at radius 1 is 1.15 bits per heavy atom. The number of halogens is 3. The number of esters is 1. The van der Waals surface area contributed by atoms with Crippen LogP contribution in [0.5, 0.6) is 0 Å². The van der Waals surface area contributed by atoms with Crippen LogP contribution in [0, 0.1) is 12.3 Å². The molecule has 192 valence electrons. The van der Waals surface area contributed by atoms with Crippen molar-refractivity contribution in [1.82, 2.24) is 0 Å². The lowest BCUT2D eigenvalue weighted by Crippen LogP contribution is -2.50. The van der Waals surface area contributed by atoms with E-state index in [1.54, 1.807) is 13.0 Å². The molecule has 1 aliphatic rings. The van der Waals surface area contributed by atoms with E-state index in [2.05, 4.69) is 47.5 Å². The van der Waals surface area contributed by atoms with Gasteiger partial charge in [0.25, 0.3) is 0 Å². The smallest absolute Gasteiger partial charge is 0.408 e. The van der Waals surface area contributed by atoms with E-state index in [0.29, 0.717) is 16.6 Å². The van der Waals surface area contributed by atoms with Crippen LogP contribution in [0.1, 0.15) is 62.4 Å².